The molecule has 1 heterocycles. The minimum atomic E-state index is -0.524. The molecule has 3 aromatic carbocycles. The van der Waals surface area contributed by atoms with E-state index < -0.39 is 5.97 Å². The maximum Gasteiger partial charge on any atom is 0.340 e. The number of esters is 1. The van der Waals surface area contributed by atoms with Crippen LogP contribution >= 0.6 is 0 Å². The van der Waals surface area contributed by atoms with Crippen LogP contribution in [-0.4, -0.2) is 23.6 Å². The molecule has 6 nitrogen and oxygen atoms in total. The van der Waals surface area contributed by atoms with E-state index in [-0.39, 0.29) is 11.5 Å². The number of benzene rings is 3. The fraction of sp³-hybridized carbons (Fsp3) is 0.172. The highest BCUT2D eigenvalue weighted by atomic mass is 16.5. The van der Waals surface area contributed by atoms with E-state index in [2.05, 4.69) is 16.0 Å². The van der Waals surface area contributed by atoms with Gasteiger partial charge in [0.1, 0.15) is 12.4 Å². The lowest BCUT2D eigenvalue weighted by molar-refractivity contribution is -0.114. The van der Waals surface area contributed by atoms with Crippen molar-refractivity contribution < 1.29 is 19.1 Å². The van der Waals surface area contributed by atoms with Crippen molar-refractivity contribution in [3.05, 3.63) is 101 Å². The second-order valence-electron chi connectivity index (χ2n) is 8.37. The first-order valence-electron chi connectivity index (χ1n) is 11.3. The van der Waals surface area contributed by atoms with Crippen LogP contribution in [0, 0.1) is 13.8 Å². The molecule has 4 rings (SSSR count). The molecule has 178 valence electrons. The second-order valence-corrected chi connectivity index (χ2v) is 8.37. The highest BCUT2D eigenvalue weighted by Crippen LogP contribution is 2.35. The third kappa shape index (κ3) is 5.27. The molecule has 0 saturated carbocycles. The zero-order valence-corrected chi connectivity index (χ0v) is 20.3. The molecule has 0 aliphatic carbocycles. The van der Waals surface area contributed by atoms with E-state index in [1.807, 2.05) is 74.5 Å². The average Bonchev–Trinajstić information content (AvgIpc) is 3.24. The van der Waals surface area contributed by atoms with Crippen molar-refractivity contribution >= 4 is 17.6 Å². The lowest BCUT2D eigenvalue weighted by atomic mass is 10.1. The predicted octanol–water partition coefficient (Wildman–Crippen LogP) is 6.09. The Labute approximate surface area is 205 Å². The smallest absolute Gasteiger partial charge is 0.340 e. The average molecular weight is 469 g/mol. The van der Waals surface area contributed by atoms with Crippen molar-refractivity contribution in [3.8, 4) is 22.7 Å². The Bertz CT molecular complexity index is 1370. The zero-order chi connectivity index (χ0) is 24.9. The number of anilines is 1. The number of carbonyl (C=O) groups is 2. The van der Waals surface area contributed by atoms with E-state index in [1.54, 1.807) is 12.1 Å². The van der Waals surface area contributed by atoms with Crippen LogP contribution in [0.4, 0.5) is 5.69 Å². The van der Waals surface area contributed by atoms with Crippen LogP contribution in [0.25, 0.3) is 16.9 Å². The van der Waals surface area contributed by atoms with Crippen molar-refractivity contribution in [1.29, 1.82) is 0 Å². The van der Waals surface area contributed by atoms with Gasteiger partial charge in [0.2, 0.25) is 5.91 Å². The number of ether oxygens (including phenoxy) is 2. The molecule has 4 aromatic rings. The van der Waals surface area contributed by atoms with Gasteiger partial charge in [-0.1, -0.05) is 42.0 Å². The molecular weight excluding hydrogens is 440 g/mol. The van der Waals surface area contributed by atoms with E-state index in [1.165, 1.54) is 14.0 Å². The fourth-order valence-electron chi connectivity index (χ4n) is 4.05. The number of nitrogens with one attached hydrogen (secondary N) is 1. The Hall–Kier alpha value is -4.32. The summed E-state index contributed by atoms with van der Waals surface area (Å²) in [6.07, 6.45) is 0. The molecule has 0 unspecified atom stereocenters. The number of methoxy groups -OCH3 is 1. The minimum absolute atomic E-state index is 0.263. The monoisotopic (exact) mass is 468 g/mol. The quantitative estimate of drug-likeness (QED) is 0.334. The molecule has 0 aliphatic rings. The molecule has 0 radical (unpaired) electrons. The molecule has 0 spiro atoms. The second kappa shape index (κ2) is 10.3. The van der Waals surface area contributed by atoms with Crippen LogP contribution in [0.3, 0.4) is 0 Å². The maximum absolute atomic E-state index is 12.5. The first-order valence-corrected chi connectivity index (χ1v) is 11.3. The first-order chi connectivity index (χ1) is 16.9. The van der Waals surface area contributed by atoms with Gasteiger partial charge < -0.3 is 19.4 Å². The topological polar surface area (TPSA) is 69.6 Å². The van der Waals surface area contributed by atoms with E-state index in [9.17, 15) is 9.59 Å². The highest BCUT2D eigenvalue weighted by molar-refractivity contribution is 6.01. The summed E-state index contributed by atoms with van der Waals surface area (Å²) in [5.74, 6) is -0.0213. The van der Waals surface area contributed by atoms with E-state index in [0.29, 0.717) is 12.3 Å². The molecule has 1 aromatic heterocycles. The highest BCUT2D eigenvalue weighted by Gasteiger charge is 2.18. The molecule has 35 heavy (non-hydrogen) atoms. The van der Waals surface area contributed by atoms with Crippen molar-refractivity contribution in [2.45, 2.75) is 27.4 Å². The maximum atomic E-state index is 12.5. The molecular formula is C29H28N2O4. The van der Waals surface area contributed by atoms with Crippen LogP contribution in [0.15, 0.2) is 78.9 Å². The summed E-state index contributed by atoms with van der Waals surface area (Å²) in [5, 5.41) is 2.70. The van der Waals surface area contributed by atoms with E-state index in [0.717, 1.165) is 39.5 Å². The van der Waals surface area contributed by atoms with Gasteiger partial charge in [0.15, 0.2) is 0 Å². The van der Waals surface area contributed by atoms with Gasteiger partial charge in [-0.05, 0) is 61.9 Å². The molecule has 1 N–H and O–H groups in total. The van der Waals surface area contributed by atoms with Gasteiger partial charge in [0.25, 0.3) is 0 Å². The molecule has 0 aliphatic heterocycles. The van der Waals surface area contributed by atoms with Crippen molar-refractivity contribution in [2.75, 3.05) is 12.4 Å². The number of amides is 1. The summed E-state index contributed by atoms with van der Waals surface area (Å²) in [7, 11) is 1.32. The SMILES string of the molecule is COC(=O)c1cc(-n2c(C)ccc2-c2cc(C)ccc2OCc2ccccc2)ccc1NC(C)=O. The Kier molecular flexibility index (Phi) is 7.01. The third-order valence-electron chi connectivity index (χ3n) is 5.70. The predicted molar refractivity (Wildman–Crippen MR) is 137 cm³/mol. The third-order valence-corrected chi connectivity index (χ3v) is 5.70. The number of aryl methyl sites for hydroxylation is 2. The van der Waals surface area contributed by atoms with Crippen molar-refractivity contribution in [2.24, 2.45) is 0 Å². The number of nitrogens with zero attached hydrogens (tertiary/aromatic N) is 1. The summed E-state index contributed by atoms with van der Waals surface area (Å²) in [6, 6.07) is 25.5. The van der Waals surface area contributed by atoms with Crippen LogP contribution in [0.1, 0.15) is 34.1 Å². The molecule has 6 heteroatoms. The van der Waals surface area contributed by atoms with Gasteiger partial charge in [-0.3, -0.25) is 4.79 Å². The summed E-state index contributed by atoms with van der Waals surface area (Å²) < 4.78 is 13.3. The van der Waals surface area contributed by atoms with Crippen molar-refractivity contribution in [1.82, 2.24) is 4.57 Å². The first kappa shape index (κ1) is 23.8. The van der Waals surface area contributed by atoms with Crippen LogP contribution in [0.5, 0.6) is 5.75 Å². The standard InChI is InChI=1S/C29H28N2O4/c1-19-10-15-28(35-18-22-8-6-5-7-9-22)25(16-19)27-14-11-20(2)31(27)23-12-13-26(30-21(3)32)24(17-23)29(33)34-4/h5-17H,18H2,1-4H3,(H,30,32). The van der Waals surface area contributed by atoms with Gasteiger partial charge in [0.05, 0.1) is 24.1 Å². The van der Waals surface area contributed by atoms with Gasteiger partial charge in [-0.2, -0.15) is 0 Å². The van der Waals surface area contributed by atoms with Crippen LogP contribution < -0.4 is 10.1 Å². The van der Waals surface area contributed by atoms with Crippen LogP contribution in [-0.2, 0) is 16.1 Å². The normalized spacial score (nSPS) is 10.6. The summed E-state index contributed by atoms with van der Waals surface area (Å²) in [5.41, 5.74) is 6.50. The summed E-state index contributed by atoms with van der Waals surface area (Å²) >= 11 is 0. The van der Waals surface area contributed by atoms with Crippen LogP contribution in [0.2, 0.25) is 0 Å². The van der Waals surface area contributed by atoms with Crippen molar-refractivity contribution in [3.63, 3.8) is 0 Å². The molecule has 0 saturated heterocycles. The fourth-order valence-corrected chi connectivity index (χ4v) is 4.05. The van der Waals surface area contributed by atoms with Gasteiger partial charge >= 0.3 is 5.97 Å². The zero-order valence-electron chi connectivity index (χ0n) is 20.3. The number of hydrogen-bond donors (Lipinski definition) is 1. The Morgan fingerprint density at radius 2 is 1.69 bits per heavy atom. The molecule has 0 fully saturated rings. The number of carbonyl (C=O) groups excluding carboxylic acids is 2. The molecule has 0 bridgehead atoms. The Morgan fingerprint density at radius 3 is 2.40 bits per heavy atom. The number of aromatic nitrogens is 1. The number of rotatable bonds is 7. The van der Waals surface area contributed by atoms with Gasteiger partial charge in [-0.25, -0.2) is 4.79 Å². The number of hydrogen-bond acceptors (Lipinski definition) is 4. The summed E-state index contributed by atoms with van der Waals surface area (Å²) in [6.45, 7) is 5.90. The minimum Gasteiger partial charge on any atom is -0.488 e. The van der Waals surface area contributed by atoms with E-state index in [4.69, 9.17) is 9.47 Å². The molecule has 0 atom stereocenters. The Morgan fingerprint density at radius 1 is 0.914 bits per heavy atom. The van der Waals surface area contributed by atoms with Gasteiger partial charge in [-0.15, -0.1) is 0 Å². The lowest BCUT2D eigenvalue weighted by Crippen LogP contribution is -2.13. The summed E-state index contributed by atoms with van der Waals surface area (Å²) in [4.78, 5) is 24.1. The Balaban J connectivity index is 1.79. The largest absolute Gasteiger partial charge is 0.488 e. The van der Waals surface area contributed by atoms with Gasteiger partial charge in [0, 0.05) is 23.9 Å². The molecule has 1 amide bonds. The van der Waals surface area contributed by atoms with E-state index >= 15 is 0 Å². The lowest BCUT2D eigenvalue weighted by Gasteiger charge is -2.18.